The van der Waals surface area contributed by atoms with Crippen LogP contribution < -0.4 is 0 Å². The van der Waals surface area contributed by atoms with Gasteiger partial charge in [0.05, 0.1) is 22.1 Å². The van der Waals surface area contributed by atoms with Crippen molar-refractivity contribution in [1.82, 2.24) is 24.1 Å². The van der Waals surface area contributed by atoms with Crippen LogP contribution in [0.1, 0.15) is 0 Å². The lowest BCUT2D eigenvalue weighted by Gasteiger charge is -2.12. The first-order valence-electron chi connectivity index (χ1n) is 20.3. The van der Waals surface area contributed by atoms with Gasteiger partial charge in [0.15, 0.2) is 17.5 Å². The van der Waals surface area contributed by atoms with Crippen LogP contribution in [0.15, 0.2) is 212 Å². The zero-order valence-corrected chi connectivity index (χ0v) is 32.4. The van der Waals surface area contributed by atoms with Gasteiger partial charge in [0.1, 0.15) is 0 Å². The summed E-state index contributed by atoms with van der Waals surface area (Å²) in [5.74, 6) is 1.91. The molecule has 0 N–H and O–H groups in total. The summed E-state index contributed by atoms with van der Waals surface area (Å²) in [5.41, 5.74) is 12.1. The maximum absolute atomic E-state index is 5.10. The van der Waals surface area contributed by atoms with Crippen LogP contribution in [0.5, 0.6) is 0 Å². The smallest absolute Gasteiger partial charge is 0.164 e. The van der Waals surface area contributed by atoms with E-state index < -0.39 is 0 Å². The molecule has 0 radical (unpaired) electrons. The molecule has 60 heavy (non-hydrogen) atoms. The molecule has 0 unspecified atom stereocenters. The van der Waals surface area contributed by atoms with Gasteiger partial charge in [-0.1, -0.05) is 152 Å². The van der Waals surface area contributed by atoms with Gasteiger partial charge in [-0.15, -0.1) is 0 Å². The highest BCUT2D eigenvalue weighted by Crippen LogP contribution is 2.42. The Morgan fingerprint density at radius 2 is 0.767 bits per heavy atom. The van der Waals surface area contributed by atoms with Crippen LogP contribution in [0.4, 0.5) is 0 Å². The summed E-state index contributed by atoms with van der Waals surface area (Å²) in [6.45, 7) is 0. The second-order valence-corrected chi connectivity index (χ2v) is 15.3. The number of para-hydroxylation sites is 2. The molecule has 12 rings (SSSR count). The zero-order valence-electron chi connectivity index (χ0n) is 32.4. The molecule has 0 saturated carbocycles. The van der Waals surface area contributed by atoms with E-state index in [0.717, 1.165) is 44.5 Å². The summed E-state index contributed by atoms with van der Waals surface area (Å²) >= 11 is 0. The van der Waals surface area contributed by atoms with Gasteiger partial charge in [-0.3, -0.25) is 0 Å². The molecule has 0 atom stereocenters. The van der Waals surface area contributed by atoms with Crippen LogP contribution in [0.3, 0.4) is 0 Å². The maximum Gasteiger partial charge on any atom is 0.164 e. The van der Waals surface area contributed by atoms with Crippen molar-refractivity contribution in [1.29, 1.82) is 0 Å². The van der Waals surface area contributed by atoms with Crippen LogP contribution in [0, 0.1) is 0 Å². The molecule has 0 aliphatic heterocycles. The predicted octanol–water partition coefficient (Wildman–Crippen LogP) is 13.9. The van der Waals surface area contributed by atoms with Crippen molar-refractivity contribution in [2.24, 2.45) is 0 Å². The quantitative estimate of drug-likeness (QED) is 0.169. The predicted molar refractivity (Wildman–Crippen MR) is 248 cm³/mol. The minimum atomic E-state index is 0.629. The molecule has 0 aliphatic carbocycles. The van der Waals surface area contributed by atoms with E-state index in [0.29, 0.717) is 17.5 Å². The summed E-state index contributed by atoms with van der Waals surface area (Å²) in [6, 6.07) is 75.2. The van der Waals surface area contributed by atoms with Crippen molar-refractivity contribution in [2.75, 3.05) is 0 Å². The van der Waals surface area contributed by atoms with E-state index in [-0.39, 0.29) is 0 Å². The lowest BCUT2D eigenvalue weighted by atomic mass is 10.1. The van der Waals surface area contributed by atoms with E-state index in [1.165, 1.54) is 49.1 Å². The topological polar surface area (TPSA) is 48.5 Å². The van der Waals surface area contributed by atoms with Crippen molar-refractivity contribution >= 4 is 54.4 Å². The third-order valence-electron chi connectivity index (χ3n) is 11.8. The van der Waals surface area contributed by atoms with Crippen molar-refractivity contribution < 1.29 is 0 Å². The second-order valence-electron chi connectivity index (χ2n) is 15.3. The number of hydrogen-bond acceptors (Lipinski definition) is 3. The molecular formula is C55H35N5. The largest absolute Gasteiger partial charge is 0.309 e. The van der Waals surface area contributed by atoms with Gasteiger partial charge in [0.2, 0.25) is 0 Å². The Bertz CT molecular complexity index is 3570. The SMILES string of the molecule is c1ccc(-c2ccc(-n3c4ccccc4c4c3ccc3c5ccccc5n(-c5ccc(-c6nc(-c7ccccc7)nc(-c7ccc8ccccc8c7)n6)cc5)c34)cc2)cc1. The molecule has 12 aromatic rings. The summed E-state index contributed by atoms with van der Waals surface area (Å²) in [5, 5.41) is 7.19. The fourth-order valence-electron chi connectivity index (χ4n) is 8.93. The fourth-order valence-corrected chi connectivity index (χ4v) is 8.93. The normalized spacial score (nSPS) is 11.7. The maximum atomic E-state index is 5.10. The fraction of sp³-hybridized carbons (Fsp3) is 0. The number of benzene rings is 9. The van der Waals surface area contributed by atoms with Crippen LogP contribution in [0.2, 0.25) is 0 Å². The van der Waals surface area contributed by atoms with Crippen LogP contribution in [0.25, 0.3) is 111 Å². The average molecular weight is 766 g/mol. The first-order chi connectivity index (χ1) is 29.7. The van der Waals surface area contributed by atoms with Crippen LogP contribution in [-0.4, -0.2) is 24.1 Å². The third-order valence-corrected chi connectivity index (χ3v) is 11.8. The molecule has 3 heterocycles. The summed E-state index contributed by atoms with van der Waals surface area (Å²) < 4.78 is 4.83. The Kier molecular flexibility index (Phi) is 7.78. The lowest BCUT2D eigenvalue weighted by Crippen LogP contribution is -2.00. The van der Waals surface area contributed by atoms with Gasteiger partial charge in [-0.05, 0) is 82.6 Å². The molecule has 0 saturated heterocycles. The number of nitrogens with zero attached hydrogens (tertiary/aromatic N) is 5. The number of aromatic nitrogens is 5. The number of rotatable bonds is 6. The van der Waals surface area contributed by atoms with Gasteiger partial charge in [-0.25, -0.2) is 15.0 Å². The average Bonchev–Trinajstić information content (AvgIpc) is 3.85. The highest BCUT2D eigenvalue weighted by molar-refractivity contribution is 6.26. The Morgan fingerprint density at radius 3 is 1.47 bits per heavy atom. The standard InChI is InChI=1S/C55H35N5/c1-3-13-36(14-4-1)38-25-29-43(30-26-38)59-49-22-12-10-20-47(49)51-50(59)34-33-46-45-19-9-11-21-48(45)60(52(46)51)44-31-27-40(28-32-44)54-56-53(39-16-5-2-6-17-39)57-55(58-54)42-24-23-37-15-7-8-18-41(37)35-42/h1-35H. The first kappa shape index (κ1) is 33.9. The first-order valence-corrected chi connectivity index (χ1v) is 20.3. The van der Waals surface area contributed by atoms with E-state index >= 15 is 0 Å². The summed E-state index contributed by atoms with van der Waals surface area (Å²) in [4.78, 5) is 15.1. The minimum absolute atomic E-state index is 0.629. The molecule has 0 bridgehead atoms. The molecule has 5 nitrogen and oxygen atoms in total. The molecule has 5 heteroatoms. The van der Waals surface area contributed by atoms with E-state index in [4.69, 9.17) is 15.0 Å². The van der Waals surface area contributed by atoms with E-state index in [2.05, 4.69) is 191 Å². The van der Waals surface area contributed by atoms with Crippen molar-refractivity contribution in [3.05, 3.63) is 212 Å². The summed E-state index contributed by atoms with van der Waals surface area (Å²) in [6.07, 6.45) is 0. The Balaban J connectivity index is 1.03. The van der Waals surface area contributed by atoms with Crippen molar-refractivity contribution in [3.8, 4) is 56.7 Å². The molecule has 0 fully saturated rings. The van der Waals surface area contributed by atoms with Gasteiger partial charge in [-0.2, -0.15) is 0 Å². The van der Waals surface area contributed by atoms with Gasteiger partial charge < -0.3 is 9.13 Å². The molecule has 0 amide bonds. The molecule has 0 aliphatic rings. The van der Waals surface area contributed by atoms with Crippen molar-refractivity contribution in [3.63, 3.8) is 0 Å². The number of fused-ring (bicyclic) bond motifs is 8. The van der Waals surface area contributed by atoms with E-state index in [9.17, 15) is 0 Å². The van der Waals surface area contributed by atoms with E-state index in [1.54, 1.807) is 0 Å². The molecule has 3 aromatic heterocycles. The van der Waals surface area contributed by atoms with Crippen molar-refractivity contribution in [2.45, 2.75) is 0 Å². The monoisotopic (exact) mass is 765 g/mol. The molecular weight excluding hydrogens is 731 g/mol. The lowest BCUT2D eigenvalue weighted by molar-refractivity contribution is 1.07. The number of hydrogen-bond donors (Lipinski definition) is 0. The van der Waals surface area contributed by atoms with Crippen LogP contribution in [-0.2, 0) is 0 Å². The molecule has 9 aromatic carbocycles. The highest BCUT2D eigenvalue weighted by Gasteiger charge is 2.21. The van der Waals surface area contributed by atoms with E-state index in [1.807, 2.05) is 30.3 Å². The summed E-state index contributed by atoms with van der Waals surface area (Å²) in [7, 11) is 0. The Labute approximate surface area is 346 Å². The second kappa shape index (κ2) is 13.8. The minimum Gasteiger partial charge on any atom is -0.309 e. The van der Waals surface area contributed by atoms with Gasteiger partial charge in [0.25, 0.3) is 0 Å². The van der Waals surface area contributed by atoms with Gasteiger partial charge >= 0.3 is 0 Å². The van der Waals surface area contributed by atoms with Gasteiger partial charge in [0, 0.05) is 49.6 Å². The van der Waals surface area contributed by atoms with Crippen LogP contribution >= 0.6 is 0 Å². The zero-order chi connectivity index (χ0) is 39.6. The highest BCUT2D eigenvalue weighted by atomic mass is 15.0. The third kappa shape index (κ3) is 5.52. The Morgan fingerprint density at radius 1 is 0.283 bits per heavy atom. The molecule has 0 spiro atoms. The Hall–Kier alpha value is -8.15. The molecule has 280 valence electrons.